The quantitative estimate of drug-likeness (QED) is 0.384. The molecule has 0 fully saturated rings. The number of carbonyl (C=O) groups excluding carboxylic acids is 2. The minimum atomic E-state index is -0.886. The molecule has 0 aliphatic carbocycles. The Hall–Kier alpha value is -2.68. The average Bonchev–Trinajstić information content (AvgIpc) is 2.56. The predicted octanol–water partition coefficient (Wildman–Crippen LogP) is 2.18. The van der Waals surface area contributed by atoms with Crippen LogP contribution in [-0.2, 0) is 20.7 Å². The minimum Gasteiger partial charge on any atom is -0.444 e. The van der Waals surface area contributed by atoms with Crippen LogP contribution in [0.15, 0.2) is 24.3 Å². The highest BCUT2D eigenvalue weighted by Crippen LogP contribution is 2.14. The molecule has 1 aromatic rings. The molecule has 0 bridgehead atoms. The fraction of sp³-hybridized carbons (Fsp3) is 0.556. The van der Waals surface area contributed by atoms with Gasteiger partial charge in [-0.25, -0.2) is 4.79 Å². The minimum absolute atomic E-state index is 0.0448. The monoisotopic (exact) mass is 381 g/mol. The first kappa shape index (κ1) is 22.4. The van der Waals surface area contributed by atoms with Gasteiger partial charge in [-0.05, 0) is 33.3 Å². The van der Waals surface area contributed by atoms with Crippen molar-refractivity contribution in [2.45, 2.75) is 45.8 Å². The molecule has 0 aliphatic heterocycles. The maximum Gasteiger partial charge on any atom is 0.408 e. The fourth-order valence-corrected chi connectivity index (χ4v) is 2.16. The molecule has 9 nitrogen and oxygen atoms in total. The van der Waals surface area contributed by atoms with Gasteiger partial charge in [-0.1, -0.05) is 12.1 Å². The number of nitro benzene ring substituents is 1. The molecule has 1 atom stereocenters. The zero-order chi connectivity index (χ0) is 20.4. The molecular weight excluding hydrogens is 354 g/mol. The van der Waals surface area contributed by atoms with E-state index in [1.165, 1.54) is 12.1 Å². The van der Waals surface area contributed by atoms with Crippen LogP contribution < -0.4 is 10.6 Å². The third-order valence-corrected chi connectivity index (χ3v) is 3.34. The van der Waals surface area contributed by atoms with Gasteiger partial charge in [0, 0.05) is 31.7 Å². The number of benzene rings is 1. The lowest BCUT2D eigenvalue weighted by Gasteiger charge is -2.23. The van der Waals surface area contributed by atoms with E-state index >= 15 is 0 Å². The maximum absolute atomic E-state index is 12.4. The fourth-order valence-electron chi connectivity index (χ4n) is 2.16. The summed E-state index contributed by atoms with van der Waals surface area (Å²) in [7, 11) is 0. The van der Waals surface area contributed by atoms with E-state index in [2.05, 4.69) is 10.6 Å². The van der Waals surface area contributed by atoms with Crippen LogP contribution in [0.1, 0.15) is 33.3 Å². The van der Waals surface area contributed by atoms with Gasteiger partial charge in [-0.3, -0.25) is 14.9 Å². The smallest absolute Gasteiger partial charge is 0.408 e. The van der Waals surface area contributed by atoms with E-state index in [1.807, 2.05) is 6.92 Å². The second kappa shape index (κ2) is 10.5. The van der Waals surface area contributed by atoms with E-state index in [-0.39, 0.29) is 18.0 Å². The van der Waals surface area contributed by atoms with Crippen LogP contribution >= 0.6 is 0 Å². The highest BCUT2D eigenvalue weighted by molar-refractivity contribution is 5.86. The highest BCUT2D eigenvalue weighted by atomic mass is 16.6. The number of carbonyl (C=O) groups is 2. The number of nitrogens with zero attached hydrogens (tertiary/aromatic N) is 1. The molecule has 0 radical (unpaired) electrons. The van der Waals surface area contributed by atoms with E-state index in [1.54, 1.807) is 32.9 Å². The Kier molecular flexibility index (Phi) is 8.67. The zero-order valence-corrected chi connectivity index (χ0v) is 16.1. The van der Waals surface area contributed by atoms with Crippen molar-refractivity contribution in [1.82, 2.24) is 10.6 Å². The lowest BCUT2D eigenvalue weighted by atomic mass is 10.0. The third kappa shape index (κ3) is 9.00. The zero-order valence-electron chi connectivity index (χ0n) is 16.1. The molecule has 9 heteroatoms. The second-order valence-corrected chi connectivity index (χ2v) is 6.81. The molecular formula is C18H27N3O6. The van der Waals surface area contributed by atoms with E-state index in [9.17, 15) is 19.7 Å². The van der Waals surface area contributed by atoms with Crippen LogP contribution in [0.2, 0.25) is 0 Å². The second-order valence-electron chi connectivity index (χ2n) is 6.81. The Morgan fingerprint density at radius 1 is 1.22 bits per heavy atom. The normalized spacial score (nSPS) is 12.1. The Bertz CT molecular complexity index is 639. The summed E-state index contributed by atoms with van der Waals surface area (Å²) in [4.78, 5) is 34.7. The lowest BCUT2D eigenvalue weighted by molar-refractivity contribution is -0.384. The van der Waals surface area contributed by atoms with Gasteiger partial charge in [0.2, 0.25) is 5.91 Å². The molecule has 27 heavy (non-hydrogen) atoms. The van der Waals surface area contributed by atoms with Gasteiger partial charge in [0.15, 0.2) is 0 Å². The van der Waals surface area contributed by atoms with E-state index in [0.717, 1.165) is 0 Å². The van der Waals surface area contributed by atoms with Gasteiger partial charge in [-0.15, -0.1) is 0 Å². The molecule has 1 unspecified atom stereocenters. The van der Waals surface area contributed by atoms with Crippen LogP contribution in [-0.4, -0.2) is 48.3 Å². The van der Waals surface area contributed by atoms with Crippen molar-refractivity contribution in [2.75, 3.05) is 19.8 Å². The summed E-state index contributed by atoms with van der Waals surface area (Å²) in [5.41, 5.74) is -0.0776. The first-order chi connectivity index (χ1) is 12.6. The summed E-state index contributed by atoms with van der Waals surface area (Å²) in [5.74, 6) is -0.390. The molecule has 2 N–H and O–H groups in total. The highest BCUT2D eigenvalue weighted by Gasteiger charge is 2.24. The number of ether oxygens (including phenoxy) is 2. The Morgan fingerprint density at radius 2 is 1.85 bits per heavy atom. The van der Waals surface area contributed by atoms with Crippen molar-refractivity contribution < 1.29 is 24.0 Å². The lowest BCUT2D eigenvalue weighted by Crippen LogP contribution is -2.49. The molecule has 0 aliphatic rings. The van der Waals surface area contributed by atoms with Gasteiger partial charge in [0.25, 0.3) is 5.69 Å². The Labute approximate surface area is 158 Å². The summed E-state index contributed by atoms with van der Waals surface area (Å²) >= 11 is 0. The van der Waals surface area contributed by atoms with Gasteiger partial charge in [-0.2, -0.15) is 0 Å². The average molecular weight is 381 g/mol. The Morgan fingerprint density at radius 3 is 2.37 bits per heavy atom. The number of amides is 2. The number of nitrogens with one attached hydrogen (secondary N) is 2. The molecule has 0 saturated heterocycles. The molecule has 150 valence electrons. The SMILES string of the molecule is CCOCCNC(=O)C(Cc1ccc([N+](=O)[O-])cc1)NC(=O)OC(C)(C)C. The van der Waals surface area contributed by atoms with Crippen molar-refractivity contribution in [1.29, 1.82) is 0 Å². The summed E-state index contributed by atoms with van der Waals surface area (Å²) < 4.78 is 10.4. The number of alkyl carbamates (subject to hydrolysis) is 1. The van der Waals surface area contributed by atoms with Gasteiger partial charge < -0.3 is 20.1 Å². The van der Waals surface area contributed by atoms with Crippen molar-refractivity contribution in [3.63, 3.8) is 0 Å². The molecule has 0 saturated carbocycles. The first-order valence-electron chi connectivity index (χ1n) is 8.70. The van der Waals surface area contributed by atoms with Crippen LogP contribution in [0, 0.1) is 10.1 Å². The molecule has 2 amide bonds. The van der Waals surface area contributed by atoms with Crippen molar-refractivity contribution in [3.8, 4) is 0 Å². The van der Waals surface area contributed by atoms with Gasteiger partial charge >= 0.3 is 6.09 Å². The largest absolute Gasteiger partial charge is 0.444 e. The number of nitro groups is 1. The predicted molar refractivity (Wildman–Crippen MR) is 99.5 cm³/mol. The standard InChI is InChI=1S/C18H27N3O6/c1-5-26-11-10-19-16(22)15(20-17(23)27-18(2,3)4)12-13-6-8-14(9-7-13)21(24)25/h6-9,15H,5,10-12H2,1-4H3,(H,19,22)(H,20,23). The summed E-state index contributed by atoms with van der Waals surface area (Å²) in [5, 5.41) is 16.0. The van der Waals surface area contributed by atoms with Crippen LogP contribution in [0.4, 0.5) is 10.5 Å². The third-order valence-electron chi connectivity index (χ3n) is 3.34. The van der Waals surface area contributed by atoms with Crippen molar-refractivity contribution >= 4 is 17.7 Å². The number of hydrogen-bond donors (Lipinski definition) is 2. The number of hydrogen-bond acceptors (Lipinski definition) is 6. The maximum atomic E-state index is 12.4. The first-order valence-corrected chi connectivity index (χ1v) is 8.70. The number of rotatable bonds is 9. The van der Waals surface area contributed by atoms with Crippen LogP contribution in [0.25, 0.3) is 0 Å². The molecule has 0 heterocycles. The summed E-state index contributed by atoms with van der Waals surface area (Å²) in [6.07, 6.45) is -0.549. The molecule has 1 aromatic carbocycles. The molecule has 0 aromatic heterocycles. The van der Waals surface area contributed by atoms with E-state index in [4.69, 9.17) is 9.47 Å². The number of non-ortho nitro benzene ring substituents is 1. The van der Waals surface area contributed by atoms with Gasteiger partial charge in [0.05, 0.1) is 11.5 Å². The van der Waals surface area contributed by atoms with Crippen LogP contribution in [0.5, 0.6) is 0 Å². The van der Waals surface area contributed by atoms with Crippen molar-refractivity contribution in [2.24, 2.45) is 0 Å². The molecule has 1 rings (SSSR count). The van der Waals surface area contributed by atoms with Crippen LogP contribution in [0.3, 0.4) is 0 Å². The molecule has 0 spiro atoms. The van der Waals surface area contributed by atoms with Crippen molar-refractivity contribution in [3.05, 3.63) is 39.9 Å². The summed E-state index contributed by atoms with van der Waals surface area (Å²) in [6, 6.07) is 4.92. The van der Waals surface area contributed by atoms with Gasteiger partial charge in [0.1, 0.15) is 11.6 Å². The van der Waals surface area contributed by atoms with E-state index < -0.39 is 22.7 Å². The summed E-state index contributed by atoms with van der Waals surface area (Å²) in [6.45, 7) is 8.22. The Balaban J connectivity index is 2.80. The topological polar surface area (TPSA) is 120 Å². The van der Waals surface area contributed by atoms with E-state index in [0.29, 0.717) is 25.3 Å².